The van der Waals surface area contributed by atoms with E-state index in [0.717, 1.165) is 68.9 Å². The number of alkyl carbamates (subject to hydrolysis) is 2. The molecule has 7 heterocycles. The van der Waals surface area contributed by atoms with Gasteiger partial charge in [0.1, 0.15) is 23.7 Å². The maximum Gasteiger partial charge on any atom is 0.407 e. The molecular weight excluding hydrogens is 841 g/mol. The van der Waals surface area contributed by atoms with Crippen LogP contribution in [-0.4, -0.2) is 119 Å². The molecule has 8 fully saturated rings. The lowest BCUT2D eigenvalue weighted by atomic mass is 9.90. The van der Waals surface area contributed by atoms with Gasteiger partial charge in [0.25, 0.3) is 0 Å². The van der Waals surface area contributed by atoms with E-state index < -0.39 is 24.3 Å². The Labute approximate surface area is 381 Å². The number of imidazole rings is 2. The summed E-state index contributed by atoms with van der Waals surface area (Å²) in [6.07, 6.45) is 7.15. The van der Waals surface area contributed by atoms with Crippen molar-refractivity contribution < 1.29 is 38.1 Å². The number of nitrogens with one attached hydrogen (secondary N) is 4. The molecule has 2 aromatic heterocycles. The molecule has 8 aliphatic rings. The smallest absolute Gasteiger partial charge is 0.407 e. The van der Waals surface area contributed by atoms with E-state index >= 15 is 0 Å². The number of rotatable bonds is 11. The first-order valence-electron chi connectivity index (χ1n) is 23.5. The highest BCUT2D eigenvalue weighted by Gasteiger charge is 2.86. The van der Waals surface area contributed by atoms with Crippen molar-refractivity contribution in [2.45, 2.75) is 74.8 Å². The lowest BCUT2D eigenvalue weighted by molar-refractivity contribution is -0.138. The van der Waals surface area contributed by atoms with Gasteiger partial charge in [-0.2, -0.15) is 0 Å². The Balaban J connectivity index is 0.728. The summed E-state index contributed by atoms with van der Waals surface area (Å²) in [5.41, 5.74) is 5.97. The first kappa shape index (κ1) is 41.2. The lowest BCUT2D eigenvalue weighted by Crippen LogP contribution is -2.54. The van der Waals surface area contributed by atoms with Gasteiger partial charge < -0.3 is 49.3 Å². The third-order valence-electron chi connectivity index (χ3n) is 15.8. The molecule has 16 heteroatoms. The zero-order chi connectivity index (χ0) is 44.8. The van der Waals surface area contributed by atoms with Gasteiger partial charge in [0.05, 0.1) is 50.1 Å². The highest BCUT2D eigenvalue weighted by Crippen LogP contribution is 2.81. The van der Waals surface area contributed by atoms with Crippen LogP contribution in [-0.2, 0) is 28.5 Å². The summed E-state index contributed by atoms with van der Waals surface area (Å²) in [5, 5.41) is 7.94. The number of piperidine rings is 2. The quantitative estimate of drug-likeness (QED) is 0.116. The largest absolute Gasteiger partial charge is 0.453 e. The van der Waals surface area contributed by atoms with E-state index in [4.69, 9.17) is 28.9 Å². The molecule has 3 aliphatic carbocycles. The molecule has 5 aromatic rings. The molecule has 66 heavy (non-hydrogen) atoms. The van der Waals surface area contributed by atoms with Crippen molar-refractivity contribution in [3.63, 3.8) is 0 Å². The standard InChI is InChI=1S/C50H54N8O8/c1-63-49(61)55-41(27-11-15-65-16-12-27)47(59)57-36-21-33(36)22-37(57)45-51-23-34(53-45)26-5-3-25(4-6-26)29-7-8-31-20-32(10-9-30(31)19-29)35-24-52-46(54-35)44-40-38-39(40)43(38)58(44)48(60)42(56-50(62)64-2)28-13-17-66-18-14-28/h3-10,19-20,23-24,27-28,33,36-44H,11-18,21-22H2,1-2H3,(H,51,53)(H,52,54)(H,55,61)(H,56,62)/t33-,36-,37+,38-,39?,40?,41+,42+,43?,44+/m1/s1. The molecule has 16 nitrogen and oxygen atoms in total. The summed E-state index contributed by atoms with van der Waals surface area (Å²) in [4.78, 5) is 74.1. The SMILES string of the molecule is COC(=O)N[C@H](C(=O)N1C2C3C([C@@H]32)[C@H]1c1ncc(-c2ccc3cc(-c4ccc(-c5cnc([C@@H]6C[C@H]7C[C@H]7N6C(=O)[C@@H](NC(=O)OC)C6CCOCC6)[nH]5)cc4)ccc3c2)[nH]1)C1CCOCC1. The Bertz CT molecular complexity index is 2700. The molecule has 3 unspecified atom stereocenters. The third kappa shape index (κ3) is 7.11. The minimum Gasteiger partial charge on any atom is -0.453 e. The van der Waals surface area contributed by atoms with Crippen LogP contribution in [0.5, 0.6) is 0 Å². The molecule has 10 atom stereocenters. The van der Waals surface area contributed by atoms with Crippen molar-refractivity contribution in [1.29, 1.82) is 0 Å². The molecule has 3 saturated carbocycles. The van der Waals surface area contributed by atoms with Crippen LogP contribution in [0.15, 0.2) is 73.1 Å². The van der Waals surface area contributed by atoms with Crippen LogP contribution < -0.4 is 10.6 Å². The number of aromatic amines is 2. The van der Waals surface area contributed by atoms with Gasteiger partial charge in [-0.1, -0.05) is 48.5 Å². The molecular formula is C50H54N8O8. The van der Waals surface area contributed by atoms with E-state index in [0.29, 0.717) is 75.8 Å². The molecule has 13 rings (SSSR count). The number of aromatic nitrogens is 4. The number of fused-ring (bicyclic) bond motifs is 3. The summed E-state index contributed by atoms with van der Waals surface area (Å²) in [6.45, 7) is 2.27. The number of hydrogen-bond donors (Lipinski definition) is 4. The molecule has 342 valence electrons. The highest BCUT2D eigenvalue weighted by molar-refractivity contribution is 5.91. The zero-order valence-electron chi connectivity index (χ0n) is 37.0. The number of H-pyrrole nitrogens is 2. The minimum atomic E-state index is -0.673. The van der Waals surface area contributed by atoms with Crippen molar-refractivity contribution >= 4 is 34.8 Å². The summed E-state index contributed by atoms with van der Waals surface area (Å²) in [7, 11) is 2.65. The fourth-order valence-electron chi connectivity index (χ4n) is 12.1. The molecule has 0 spiro atoms. The average Bonchev–Trinajstić information content (AvgIpc) is 4.15. The van der Waals surface area contributed by atoms with E-state index in [1.54, 1.807) is 0 Å². The molecule has 5 saturated heterocycles. The maximum atomic E-state index is 14.3. The molecule has 4 amide bonds. The topological polar surface area (TPSA) is 193 Å². The summed E-state index contributed by atoms with van der Waals surface area (Å²) in [6, 6.07) is 20.0. The van der Waals surface area contributed by atoms with Crippen molar-refractivity contribution in [2.75, 3.05) is 40.6 Å². The summed E-state index contributed by atoms with van der Waals surface area (Å²) >= 11 is 0. The average molecular weight is 895 g/mol. The van der Waals surface area contributed by atoms with E-state index in [9.17, 15) is 19.2 Å². The van der Waals surface area contributed by atoms with Crippen LogP contribution >= 0.6 is 0 Å². The number of benzene rings is 3. The predicted molar refractivity (Wildman–Crippen MR) is 240 cm³/mol. The Morgan fingerprint density at radius 2 is 1.15 bits per heavy atom. The van der Waals surface area contributed by atoms with E-state index in [-0.39, 0.29) is 47.8 Å². The second-order valence-electron chi connectivity index (χ2n) is 19.3. The van der Waals surface area contributed by atoms with Crippen molar-refractivity contribution in [1.82, 2.24) is 40.4 Å². The van der Waals surface area contributed by atoms with Gasteiger partial charge in [-0.05, 0) is 114 Å². The van der Waals surface area contributed by atoms with E-state index in [2.05, 4.69) is 81.3 Å². The maximum absolute atomic E-state index is 14.3. The number of methoxy groups -OCH3 is 2. The number of ether oxygens (including phenoxy) is 4. The molecule has 4 N–H and O–H groups in total. The summed E-state index contributed by atoms with van der Waals surface area (Å²) < 4.78 is 21.0. The number of nitrogens with zero attached hydrogens (tertiary/aromatic N) is 4. The molecule has 0 radical (unpaired) electrons. The highest BCUT2D eigenvalue weighted by atomic mass is 16.5. The monoisotopic (exact) mass is 894 g/mol. The Morgan fingerprint density at radius 3 is 1.77 bits per heavy atom. The normalized spacial score (nSPS) is 28.3. The van der Waals surface area contributed by atoms with Crippen LogP contribution in [0.25, 0.3) is 44.4 Å². The van der Waals surface area contributed by atoms with Gasteiger partial charge in [-0.15, -0.1) is 0 Å². The fourth-order valence-corrected chi connectivity index (χ4v) is 12.1. The van der Waals surface area contributed by atoms with Gasteiger partial charge in [0.2, 0.25) is 11.8 Å². The predicted octanol–water partition coefficient (Wildman–Crippen LogP) is 6.38. The number of carbonyl (C=O) groups is 4. The first-order valence-corrected chi connectivity index (χ1v) is 23.5. The second-order valence-corrected chi connectivity index (χ2v) is 19.3. The van der Waals surface area contributed by atoms with Gasteiger partial charge in [-0.3, -0.25) is 9.59 Å². The van der Waals surface area contributed by atoms with Crippen molar-refractivity contribution in [2.24, 2.45) is 35.5 Å². The first-order chi connectivity index (χ1) is 32.3. The zero-order valence-corrected chi connectivity index (χ0v) is 37.0. The van der Waals surface area contributed by atoms with Crippen molar-refractivity contribution in [3.05, 3.63) is 84.7 Å². The van der Waals surface area contributed by atoms with Crippen LogP contribution in [0.1, 0.15) is 62.3 Å². The van der Waals surface area contributed by atoms with Crippen LogP contribution in [0.3, 0.4) is 0 Å². The number of hydrogen-bond acceptors (Lipinski definition) is 10. The van der Waals surface area contributed by atoms with E-state index in [1.807, 2.05) is 22.2 Å². The van der Waals surface area contributed by atoms with Crippen LogP contribution in [0, 0.1) is 35.5 Å². The molecule has 5 aliphatic heterocycles. The van der Waals surface area contributed by atoms with Gasteiger partial charge >= 0.3 is 12.2 Å². The Morgan fingerprint density at radius 1 is 0.636 bits per heavy atom. The summed E-state index contributed by atoms with van der Waals surface area (Å²) in [5.74, 6) is 3.27. The Kier molecular flexibility index (Phi) is 10.1. The number of carbonyl (C=O) groups excluding carboxylic acids is 4. The third-order valence-corrected chi connectivity index (χ3v) is 15.8. The van der Waals surface area contributed by atoms with Gasteiger partial charge in [0, 0.05) is 44.1 Å². The fraction of sp³-hybridized carbons (Fsp3) is 0.480. The number of likely N-dealkylation sites (tertiary alicyclic amines) is 1. The van der Waals surface area contributed by atoms with Crippen molar-refractivity contribution in [3.8, 4) is 33.6 Å². The second kappa shape index (κ2) is 16.3. The van der Waals surface area contributed by atoms with Crippen LogP contribution in [0.2, 0.25) is 0 Å². The molecule has 3 aromatic carbocycles. The van der Waals surface area contributed by atoms with E-state index in [1.165, 1.54) is 14.2 Å². The minimum absolute atomic E-state index is 0.0129. The Hall–Kier alpha value is -6.26. The lowest BCUT2D eigenvalue weighted by Gasteiger charge is -2.35. The van der Waals surface area contributed by atoms with Gasteiger partial charge in [-0.25, -0.2) is 19.6 Å². The molecule has 2 bridgehead atoms. The van der Waals surface area contributed by atoms with Gasteiger partial charge in [0.15, 0.2) is 0 Å². The van der Waals surface area contributed by atoms with Crippen LogP contribution in [0.4, 0.5) is 9.59 Å². The number of amides is 4.